The van der Waals surface area contributed by atoms with E-state index in [1.54, 1.807) is 0 Å². The van der Waals surface area contributed by atoms with Gasteiger partial charge in [-0.15, -0.1) is 23.2 Å². The number of hydrogen-bond acceptors (Lipinski definition) is 6. The summed E-state index contributed by atoms with van der Waals surface area (Å²) in [6, 6.07) is 0. The molecule has 0 aromatic heterocycles. The standard InChI is InChI=1S/C14H21Cl2O6P/c1-3-7-19-13(17)11-12(14(18)20-8-4-2)23(21-9-5-15)22-10-6-16/h3-4,12H,1-2,5-11H2/t12-/m0/s1. The number of carbonyl (C=O) groups excluding carboxylic acids is 2. The van der Waals surface area contributed by atoms with Crippen LogP contribution < -0.4 is 0 Å². The van der Waals surface area contributed by atoms with Crippen LogP contribution in [-0.4, -0.2) is 55.8 Å². The van der Waals surface area contributed by atoms with Crippen molar-refractivity contribution in [3.05, 3.63) is 25.3 Å². The van der Waals surface area contributed by atoms with E-state index >= 15 is 0 Å². The maximum Gasteiger partial charge on any atom is 0.318 e. The summed E-state index contributed by atoms with van der Waals surface area (Å²) in [4.78, 5) is 24.0. The van der Waals surface area contributed by atoms with Crippen molar-refractivity contribution >= 4 is 43.5 Å². The molecule has 0 bridgehead atoms. The normalized spacial score (nSPS) is 11.8. The van der Waals surface area contributed by atoms with Crippen molar-refractivity contribution in [2.45, 2.75) is 12.1 Å². The molecule has 132 valence electrons. The van der Waals surface area contributed by atoms with E-state index in [9.17, 15) is 9.59 Å². The van der Waals surface area contributed by atoms with Crippen LogP contribution in [0.1, 0.15) is 6.42 Å². The lowest BCUT2D eigenvalue weighted by Gasteiger charge is -2.23. The van der Waals surface area contributed by atoms with Crippen molar-refractivity contribution in [2.24, 2.45) is 0 Å². The topological polar surface area (TPSA) is 71.1 Å². The predicted molar refractivity (Wildman–Crippen MR) is 91.0 cm³/mol. The maximum absolute atomic E-state index is 12.2. The van der Waals surface area contributed by atoms with Crippen molar-refractivity contribution in [3.63, 3.8) is 0 Å². The average Bonchev–Trinajstić information content (AvgIpc) is 2.56. The summed E-state index contributed by atoms with van der Waals surface area (Å²) in [5.74, 6) is -0.769. The van der Waals surface area contributed by atoms with E-state index < -0.39 is 26.0 Å². The van der Waals surface area contributed by atoms with Gasteiger partial charge in [0.05, 0.1) is 19.6 Å². The Hall–Kier alpha value is -0.650. The third kappa shape index (κ3) is 10.7. The minimum absolute atomic E-state index is 0.0191. The molecule has 6 nitrogen and oxygen atoms in total. The Morgan fingerprint density at radius 1 is 1.00 bits per heavy atom. The molecule has 0 amide bonds. The Labute approximate surface area is 147 Å². The van der Waals surface area contributed by atoms with Gasteiger partial charge in [0.15, 0.2) is 8.38 Å². The number of halogens is 2. The van der Waals surface area contributed by atoms with Gasteiger partial charge in [0, 0.05) is 11.8 Å². The Balaban J connectivity index is 4.97. The largest absolute Gasteiger partial charge is 0.461 e. The molecule has 0 spiro atoms. The number of rotatable bonds is 14. The second kappa shape index (κ2) is 14.9. The highest BCUT2D eigenvalue weighted by atomic mass is 35.5. The van der Waals surface area contributed by atoms with Gasteiger partial charge in [-0.25, -0.2) is 0 Å². The first-order valence-corrected chi connectivity index (χ1v) is 9.13. The Bertz CT molecular complexity index is 372. The minimum atomic E-state index is -1.74. The number of alkyl halides is 2. The lowest BCUT2D eigenvalue weighted by Crippen LogP contribution is -2.28. The zero-order valence-corrected chi connectivity index (χ0v) is 15.2. The van der Waals surface area contributed by atoms with E-state index in [0.29, 0.717) is 0 Å². The van der Waals surface area contributed by atoms with E-state index in [1.807, 2.05) is 0 Å². The highest BCUT2D eigenvalue weighted by molar-refractivity contribution is 7.49. The molecular formula is C14H21Cl2O6P. The summed E-state index contributed by atoms with van der Waals surface area (Å²) >= 11 is 11.2. The number of carbonyl (C=O) groups is 2. The molecule has 0 N–H and O–H groups in total. The molecule has 0 aliphatic carbocycles. The van der Waals surface area contributed by atoms with Crippen molar-refractivity contribution in [1.82, 2.24) is 0 Å². The van der Waals surface area contributed by atoms with Crippen molar-refractivity contribution < 1.29 is 28.1 Å². The van der Waals surface area contributed by atoms with Gasteiger partial charge in [0.2, 0.25) is 0 Å². The fraction of sp³-hybridized carbons (Fsp3) is 0.571. The molecule has 1 atom stereocenters. The summed E-state index contributed by atoms with van der Waals surface area (Å²) < 4.78 is 20.8. The number of esters is 2. The fourth-order valence-electron chi connectivity index (χ4n) is 1.32. The van der Waals surface area contributed by atoms with Crippen LogP contribution in [0.4, 0.5) is 0 Å². The fourth-order valence-corrected chi connectivity index (χ4v) is 3.21. The first kappa shape index (κ1) is 22.4. The molecule has 23 heavy (non-hydrogen) atoms. The van der Waals surface area contributed by atoms with Gasteiger partial charge in [0.1, 0.15) is 18.9 Å². The third-order valence-corrected chi connectivity index (χ3v) is 4.27. The Morgan fingerprint density at radius 2 is 1.52 bits per heavy atom. The Morgan fingerprint density at radius 3 is 2.00 bits per heavy atom. The molecule has 0 aliphatic heterocycles. The molecule has 9 heteroatoms. The Kier molecular flexibility index (Phi) is 14.5. The molecule has 0 fully saturated rings. The zero-order valence-electron chi connectivity index (χ0n) is 12.7. The highest BCUT2D eigenvalue weighted by Crippen LogP contribution is 2.46. The van der Waals surface area contributed by atoms with Gasteiger partial charge < -0.3 is 18.5 Å². The van der Waals surface area contributed by atoms with E-state index in [0.717, 1.165) is 0 Å². The third-order valence-electron chi connectivity index (χ3n) is 2.18. The van der Waals surface area contributed by atoms with Gasteiger partial charge in [-0.3, -0.25) is 9.59 Å². The van der Waals surface area contributed by atoms with Crippen molar-refractivity contribution in [1.29, 1.82) is 0 Å². The monoisotopic (exact) mass is 386 g/mol. The van der Waals surface area contributed by atoms with Gasteiger partial charge >= 0.3 is 11.9 Å². The van der Waals surface area contributed by atoms with Crippen LogP contribution in [0.3, 0.4) is 0 Å². The van der Waals surface area contributed by atoms with Crippen LogP contribution in [0.25, 0.3) is 0 Å². The van der Waals surface area contributed by atoms with Gasteiger partial charge in [-0.2, -0.15) is 0 Å². The van der Waals surface area contributed by atoms with Crippen LogP contribution >= 0.6 is 31.6 Å². The van der Waals surface area contributed by atoms with Crippen LogP contribution in [0.2, 0.25) is 0 Å². The van der Waals surface area contributed by atoms with E-state index in [2.05, 4.69) is 13.2 Å². The van der Waals surface area contributed by atoms with Gasteiger partial charge in [-0.1, -0.05) is 25.3 Å². The van der Waals surface area contributed by atoms with Gasteiger partial charge in [0.25, 0.3) is 0 Å². The van der Waals surface area contributed by atoms with E-state index in [1.165, 1.54) is 12.2 Å². The zero-order chi connectivity index (χ0) is 17.5. The minimum Gasteiger partial charge on any atom is -0.461 e. The lowest BCUT2D eigenvalue weighted by molar-refractivity contribution is -0.148. The van der Waals surface area contributed by atoms with E-state index in [-0.39, 0.29) is 44.6 Å². The smallest absolute Gasteiger partial charge is 0.318 e. The second-order valence-electron chi connectivity index (χ2n) is 3.94. The van der Waals surface area contributed by atoms with Gasteiger partial charge in [-0.05, 0) is 0 Å². The number of ether oxygens (including phenoxy) is 2. The molecule has 0 heterocycles. The summed E-state index contributed by atoms with van der Waals surface area (Å²) in [6.45, 7) is 7.32. The van der Waals surface area contributed by atoms with Crippen LogP contribution in [0.15, 0.2) is 25.3 Å². The second-order valence-corrected chi connectivity index (χ2v) is 6.41. The molecule has 0 saturated carbocycles. The molecular weight excluding hydrogens is 366 g/mol. The van der Waals surface area contributed by atoms with Crippen LogP contribution in [0.5, 0.6) is 0 Å². The molecule has 0 rings (SSSR count). The quantitative estimate of drug-likeness (QED) is 0.198. The van der Waals surface area contributed by atoms with Crippen molar-refractivity contribution in [3.8, 4) is 0 Å². The lowest BCUT2D eigenvalue weighted by atomic mass is 10.3. The summed E-state index contributed by atoms with van der Waals surface area (Å²) in [7, 11) is -1.74. The maximum atomic E-state index is 12.2. The predicted octanol–water partition coefficient (Wildman–Crippen LogP) is 3.03. The molecule has 0 radical (unpaired) electrons. The first-order chi connectivity index (χ1) is 11.1. The summed E-state index contributed by atoms with van der Waals surface area (Å²) in [6.07, 6.45) is 2.62. The number of hydrogen-bond donors (Lipinski definition) is 0. The average molecular weight is 387 g/mol. The molecule has 0 aliphatic rings. The molecule has 0 aromatic rings. The SMILES string of the molecule is C=CCOC(=O)C[C@@H](C(=O)OCC=C)P(OCCCl)OCCCl. The van der Waals surface area contributed by atoms with Crippen LogP contribution in [-0.2, 0) is 28.1 Å². The van der Waals surface area contributed by atoms with E-state index in [4.69, 9.17) is 41.7 Å². The molecule has 0 unspecified atom stereocenters. The molecule has 0 aromatic carbocycles. The van der Waals surface area contributed by atoms with Crippen LogP contribution in [0, 0.1) is 0 Å². The summed E-state index contributed by atoms with van der Waals surface area (Å²) in [5, 5.41) is 0. The highest BCUT2D eigenvalue weighted by Gasteiger charge is 2.35. The van der Waals surface area contributed by atoms with Crippen molar-refractivity contribution in [2.75, 3.05) is 38.2 Å². The summed E-state index contributed by atoms with van der Waals surface area (Å²) in [5.41, 5.74) is -0.936. The first-order valence-electron chi connectivity index (χ1n) is 6.81. The molecule has 0 saturated heterocycles.